The number of hydrogen-bond acceptors (Lipinski definition) is 4. The fraction of sp³-hybridized carbons (Fsp3) is 0.0833. The van der Waals surface area contributed by atoms with Gasteiger partial charge in [-0.3, -0.25) is 4.79 Å². The Hall–Kier alpha value is -2.29. The van der Waals surface area contributed by atoms with Crippen molar-refractivity contribution in [2.24, 2.45) is 0 Å². The van der Waals surface area contributed by atoms with Gasteiger partial charge in [-0.05, 0) is 23.6 Å². The molecule has 0 unspecified atom stereocenters. The molecule has 110 valence electrons. The summed E-state index contributed by atoms with van der Waals surface area (Å²) in [4.78, 5) is 11.7. The third-order valence-electron chi connectivity index (χ3n) is 2.93. The highest BCUT2D eigenvalue weighted by atomic mass is 32.2. The number of carbonyl (C=O) groups is 1. The van der Waals surface area contributed by atoms with Crippen LogP contribution < -0.4 is 9.50 Å². The number of rotatable bonds is 2. The van der Waals surface area contributed by atoms with Crippen molar-refractivity contribution < 1.29 is 30.6 Å². The highest BCUT2D eigenvalue weighted by Gasteiger charge is 2.48. The molecule has 0 saturated carbocycles. The van der Waals surface area contributed by atoms with E-state index in [9.17, 15) is 26.4 Å². The maximum atomic E-state index is 12.3. The van der Waals surface area contributed by atoms with E-state index in [1.165, 1.54) is 6.07 Å². The minimum absolute atomic E-state index is 0.0653. The fourth-order valence-corrected chi connectivity index (χ4v) is 2.54. The van der Waals surface area contributed by atoms with Gasteiger partial charge in [0.05, 0.1) is 5.56 Å². The molecular formula is C12H6F3NO4S. The smallest absolute Gasteiger partial charge is 0.376 e. The number of hydrogen-bond donors (Lipinski definition) is 1. The van der Waals surface area contributed by atoms with Gasteiger partial charge in [0.25, 0.3) is 5.91 Å². The molecule has 5 nitrogen and oxygen atoms in total. The molecule has 21 heavy (non-hydrogen) atoms. The summed E-state index contributed by atoms with van der Waals surface area (Å²) in [6, 6.07) is 6.85. The van der Waals surface area contributed by atoms with Gasteiger partial charge in [0.1, 0.15) is 5.75 Å². The first-order valence-corrected chi connectivity index (χ1v) is 6.99. The minimum atomic E-state index is -5.78. The third kappa shape index (κ3) is 2.09. The van der Waals surface area contributed by atoms with Crippen LogP contribution in [-0.4, -0.2) is 19.8 Å². The van der Waals surface area contributed by atoms with Gasteiger partial charge in [-0.2, -0.15) is 21.6 Å². The lowest BCUT2D eigenvalue weighted by Crippen LogP contribution is -2.28. The Morgan fingerprint density at radius 3 is 2.52 bits per heavy atom. The third-order valence-corrected chi connectivity index (χ3v) is 3.91. The van der Waals surface area contributed by atoms with E-state index in [1.807, 2.05) is 0 Å². The van der Waals surface area contributed by atoms with Gasteiger partial charge in [0.2, 0.25) is 0 Å². The zero-order valence-electron chi connectivity index (χ0n) is 10.1. The number of benzene rings is 2. The summed E-state index contributed by atoms with van der Waals surface area (Å²) in [5.41, 5.74) is -4.96. The summed E-state index contributed by atoms with van der Waals surface area (Å²) in [7, 11) is -5.78. The Kier molecular flexibility index (Phi) is 2.67. The molecule has 2 aromatic carbocycles. The van der Waals surface area contributed by atoms with Crippen molar-refractivity contribution in [1.29, 1.82) is 0 Å². The Morgan fingerprint density at radius 1 is 1.14 bits per heavy atom. The van der Waals surface area contributed by atoms with E-state index in [2.05, 4.69) is 9.50 Å². The molecule has 0 aromatic heterocycles. The zero-order valence-corrected chi connectivity index (χ0v) is 10.9. The highest BCUT2D eigenvalue weighted by molar-refractivity contribution is 7.88. The summed E-state index contributed by atoms with van der Waals surface area (Å²) in [6.45, 7) is 0. The van der Waals surface area contributed by atoms with E-state index >= 15 is 0 Å². The Morgan fingerprint density at radius 2 is 1.86 bits per heavy atom. The van der Waals surface area contributed by atoms with Crippen molar-refractivity contribution in [3.63, 3.8) is 0 Å². The second-order valence-corrected chi connectivity index (χ2v) is 5.85. The topological polar surface area (TPSA) is 72.5 Å². The first-order chi connectivity index (χ1) is 9.69. The minimum Gasteiger partial charge on any atom is -0.376 e. The molecule has 0 spiro atoms. The van der Waals surface area contributed by atoms with E-state index in [4.69, 9.17) is 0 Å². The van der Waals surface area contributed by atoms with Crippen molar-refractivity contribution in [3.05, 3.63) is 35.9 Å². The molecule has 0 saturated heterocycles. The number of halogens is 3. The summed E-state index contributed by atoms with van der Waals surface area (Å²) in [5, 5.41) is 3.44. The van der Waals surface area contributed by atoms with E-state index in [0.29, 0.717) is 16.5 Å². The maximum Gasteiger partial charge on any atom is 0.534 e. The van der Waals surface area contributed by atoms with E-state index < -0.39 is 27.3 Å². The van der Waals surface area contributed by atoms with E-state index in [0.717, 1.165) is 12.1 Å². The second kappa shape index (κ2) is 4.10. The molecule has 0 aliphatic carbocycles. The van der Waals surface area contributed by atoms with E-state index in [-0.39, 0.29) is 5.56 Å². The molecule has 3 rings (SSSR count). The van der Waals surface area contributed by atoms with Crippen LogP contribution in [0.5, 0.6) is 5.75 Å². The quantitative estimate of drug-likeness (QED) is 0.683. The fourth-order valence-electron chi connectivity index (χ4n) is 2.10. The molecule has 0 radical (unpaired) electrons. The summed E-state index contributed by atoms with van der Waals surface area (Å²) >= 11 is 0. The standard InChI is InChI=1S/C12H6F3NO4S/c13-12(14,15)21(18,19)20-7-4-6-2-1-3-9-10(6)8(5-7)11(17)16-9/h1-5H,(H,16,17). The molecule has 1 heterocycles. The monoisotopic (exact) mass is 317 g/mol. The zero-order chi connectivity index (χ0) is 15.4. The van der Waals surface area contributed by atoms with Crippen LogP contribution in [0.1, 0.15) is 10.4 Å². The van der Waals surface area contributed by atoms with Crippen LogP contribution in [0.15, 0.2) is 30.3 Å². The van der Waals surface area contributed by atoms with Gasteiger partial charge in [-0.15, -0.1) is 0 Å². The van der Waals surface area contributed by atoms with E-state index in [1.54, 1.807) is 12.1 Å². The van der Waals surface area contributed by atoms with Crippen molar-refractivity contribution in [2.75, 3.05) is 5.32 Å². The van der Waals surface area contributed by atoms with Gasteiger partial charge >= 0.3 is 15.6 Å². The van der Waals surface area contributed by atoms with Crippen LogP contribution in [0.3, 0.4) is 0 Å². The average molecular weight is 317 g/mol. The Labute approximate surface area is 116 Å². The molecule has 2 aromatic rings. The van der Waals surface area contributed by atoms with Crippen LogP contribution >= 0.6 is 0 Å². The van der Waals surface area contributed by atoms with Crippen molar-refractivity contribution >= 4 is 32.5 Å². The molecule has 1 amide bonds. The van der Waals surface area contributed by atoms with Crippen molar-refractivity contribution in [2.45, 2.75) is 5.51 Å². The Balaban J connectivity index is 2.14. The molecule has 1 aliphatic heterocycles. The van der Waals surface area contributed by atoms with Crippen LogP contribution in [-0.2, 0) is 10.1 Å². The first-order valence-electron chi connectivity index (χ1n) is 5.58. The molecule has 0 atom stereocenters. The predicted octanol–water partition coefficient (Wildman–Crippen LogP) is 2.63. The van der Waals surface area contributed by atoms with Crippen LogP contribution in [0.4, 0.5) is 18.9 Å². The molecule has 0 fully saturated rings. The number of carbonyl (C=O) groups excluding carboxylic acids is 1. The molecule has 1 N–H and O–H groups in total. The van der Waals surface area contributed by atoms with Crippen LogP contribution in [0, 0.1) is 0 Å². The highest BCUT2D eigenvalue weighted by Crippen LogP contribution is 2.37. The predicted molar refractivity (Wildman–Crippen MR) is 67.5 cm³/mol. The molecule has 1 aliphatic rings. The number of anilines is 1. The second-order valence-electron chi connectivity index (χ2n) is 4.31. The number of nitrogens with one attached hydrogen (secondary N) is 1. The van der Waals surface area contributed by atoms with Crippen LogP contribution in [0.25, 0.3) is 10.8 Å². The largest absolute Gasteiger partial charge is 0.534 e. The number of amides is 1. The average Bonchev–Trinajstić information content (AvgIpc) is 2.66. The normalized spacial score (nSPS) is 14.3. The van der Waals surface area contributed by atoms with Gasteiger partial charge in [-0.25, -0.2) is 0 Å². The van der Waals surface area contributed by atoms with Crippen molar-refractivity contribution in [1.82, 2.24) is 0 Å². The van der Waals surface area contributed by atoms with Gasteiger partial charge < -0.3 is 9.50 Å². The maximum absolute atomic E-state index is 12.3. The Bertz CT molecular complexity index is 874. The summed E-state index contributed by atoms with van der Waals surface area (Å²) in [5.74, 6) is -1.10. The lowest BCUT2D eigenvalue weighted by atomic mass is 10.1. The summed E-state index contributed by atoms with van der Waals surface area (Å²) in [6.07, 6.45) is 0. The van der Waals surface area contributed by atoms with Crippen LogP contribution in [0.2, 0.25) is 0 Å². The number of alkyl halides is 3. The van der Waals surface area contributed by atoms with Gasteiger partial charge in [0, 0.05) is 11.1 Å². The molecule has 9 heteroatoms. The van der Waals surface area contributed by atoms with Gasteiger partial charge in [-0.1, -0.05) is 12.1 Å². The van der Waals surface area contributed by atoms with Gasteiger partial charge in [0.15, 0.2) is 0 Å². The van der Waals surface area contributed by atoms with Crippen molar-refractivity contribution in [3.8, 4) is 5.75 Å². The first kappa shape index (κ1) is 13.7. The molecular weight excluding hydrogens is 311 g/mol. The SMILES string of the molecule is O=C1Nc2cccc3cc(OS(=O)(=O)C(F)(F)F)cc1c23. The molecule has 0 bridgehead atoms. The summed E-state index contributed by atoms with van der Waals surface area (Å²) < 4.78 is 63.0. The lowest BCUT2D eigenvalue weighted by molar-refractivity contribution is -0.0500. The lowest BCUT2D eigenvalue weighted by Gasteiger charge is -2.10.